The van der Waals surface area contributed by atoms with Crippen LogP contribution in [0, 0.1) is 0 Å². The van der Waals surface area contributed by atoms with Gasteiger partial charge in [0, 0.05) is 70.4 Å². The molecule has 0 amide bonds. The molecule has 0 saturated heterocycles. The summed E-state index contributed by atoms with van der Waals surface area (Å²) in [7, 11) is -1.95. The van der Waals surface area contributed by atoms with Gasteiger partial charge in [-0.25, -0.2) is 0 Å². The molecule has 2 aromatic heterocycles. The van der Waals surface area contributed by atoms with E-state index >= 15 is 0 Å². The maximum absolute atomic E-state index is 7.43. The Morgan fingerprint density at radius 1 is 0.479 bits per heavy atom. The predicted molar refractivity (Wildman–Crippen MR) is 309 cm³/mol. The minimum atomic E-state index is -1.59. The van der Waals surface area contributed by atoms with E-state index in [1.54, 1.807) is 0 Å². The van der Waals surface area contributed by atoms with Crippen molar-refractivity contribution in [3.63, 3.8) is 0 Å². The molecule has 0 aliphatic heterocycles. The van der Waals surface area contributed by atoms with Crippen LogP contribution in [0.5, 0.6) is 0 Å². The number of para-hydroxylation sites is 3. The van der Waals surface area contributed by atoms with Gasteiger partial charge in [0.1, 0.15) is 11.2 Å². The molecular weight excluding hydrogens is 913 g/mol. The van der Waals surface area contributed by atoms with Gasteiger partial charge >= 0.3 is 0 Å². The fourth-order valence-electron chi connectivity index (χ4n) is 12.2. The first-order chi connectivity index (χ1) is 34.8. The third-order valence-corrected chi connectivity index (χ3v) is 19.9. The molecule has 1 spiro atoms. The molecule has 2 heterocycles. The summed E-state index contributed by atoms with van der Waals surface area (Å²) in [6.45, 7) is 9.66. The SMILES string of the molecule is C[SiH2]c1ccc(N(c2ccccc2)c2cc3c(oc4ccccc43)c3c2-c2c(cc(N(c4ccccc4)c4ccc([Si](C)(C)C)cc4)c4c2sc2ccccc24)C32c3ccccc3-c3ccccc32)cc1. The molecule has 3 nitrogen and oxygen atoms in total. The maximum Gasteiger partial charge on any atom is 0.140 e. The summed E-state index contributed by atoms with van der Waals surface area (Å²) >= 11 is 1.92. The van der Waals surface area contributed by atoms with Crippen LogP contribution in [-0.2, 0) is 5.41 Å². The van der Waals surface area contributed by atoms with Gasteiger partial charge in [0.05, 0.1) is 34.4 Å². The predicted octanol–water partition coefficient (Wildman–Crippen LogP) is 16.6. The molecular formula is C65H50N2OSSi2. The second-order valence-electron chi connectivity index (χ2n) is 20.2. The highest BCUT2D eigenvalue weighted by molar-refractivity contribution is 7.26. The summed E-state index contributed by atoms with van der Waals surface area (Å²) in [4.78, 5) is 5.06. The van der Waals surface area contributed by atoms with Crippen LogP contribution in [0.25, 0.3) is 64.4 Å². The van der Waals surface area contributed by atoms with E-state index in [0.717, 1.165) is 50.4 Å². The second kappa shape index (κ2) is 15.9. The summed E-state index contributed by atoms with van der Waals surface area (Å²) in [6, 6.07) is 82.0. The first-order valence-corrected chi connectivity index (χ1v) is 31.3. The molecule has 0 unspecified atom stereocenters. The molecule has 2 aliphatic carbocycles. The summed E-state index contributed by atoms with van der Waals surface area (Å²) < 4.78 is 9.97. The van der Waals surface area contributed by atoms with Crippen LogP contribution in [0.15, 0.2) is 223 Å². The lowest BCUT2D eigenvalue weighted by Gasteiger charge is -2.33. The first kappa shape index (κ1) is 42.2. The van der Waals surface area contributed by atoms with Crippen molar-refractivity contribution in [3.05, 3.63) is 241 Å². The third kappa shape index (κ3) is 6.11. The van der Waals surface area contributed by atoms with Crippen LogP contribution >= 0.6 is 11.3 Å². The zero-order valence-electron chi connectivity index (χ0n) is 40.2. The van der Waals surface area contributed by atoms with Gasteiger partial charge in [-0.15, -0.1) is 11.3 Å². The van der Waals surface area contributed by atoms with E-state index in [-0.39, 0.29) is 9.52 Å². The number of hydrogen-bond donors (Lipinski definition) is 0. The van der Waals surface area contributed by atoms with Crippen LogP contribution in [-0.4, -0.2) is 17.6 Å². The number of benzene rings is 10. The number of nitrogens with zero attached hydrogens (tertiary/aromatic N) is 2. The van der Waals surface area contributed by atoms with E-state index in [1.807, 2.05) is 11.3 Å². The second-order valence-corrected chi connectivity index (χ2v) is 27.9. The van der Waals surface area contributed by atoms with E-state index < -0.39 is 13.5 Å². The van der Waals surface area contributed by atoms with Crippen LogP contribution in [0.4, 0.5) is 34.1 Å². The zero-order chi connectivity index (χ0) is 47.6. The molecule has 0 fully saturated rings. The van der Waals surface area contributed by atoms with E-state index in [4.69, 9.17) is 4.42 Å². The van der Waals surface area contributed by atoms with Crippen LogP contribution < -0.4 is 20.2 Å². The number of fused-ring (bicyclic) bond motifs is 18. The molecule has 0 radical (unpaired) electrons. The van der Waals surface area contributed by atoms with Gasteiger partial charge in [-0.05, 0) is 101 Å². The van der Waals surface area contributed by atoms with Gasteiger partial charge in [0.2, 0.25) is 0 Å². The fraction of sp³-hybridized carbons (Fsp3) is 0.0769. The Morgan fingerprint density at radius 3 is 1.65 bits per heavy atom. The van der Waals surface area contributed by atoms with Crippen LogP contribution in [0.3, 0.4) is 0 Å². The number of thiophene rings is 1. The van der Waals surface area contributed by atoms with Crippen molar-refractivity contribution in [1.82, 2.24) is 0 Å². The molecule has 0 saturated carbocycles. The Hall–Kier alpha value is -7.75. The summed E-state index contributed by atoms with van der Waals surface area (Å²) in [5.41, 5.74) is 17.9. The van der Waals surface area contributed by atoms with Gasteiger partial charge < -0.3 is 14.2 Å². The van der Waals surface area contributed by atoms with E-state index in [2.05, 4.69) is 254 Å². The standard InChI is InChI=1S/C65H50N2OSSi2/c1-70-45-35-31-43(32-36-45)66(41-19-7-5-8-20-41)55-39-51-49-25-13-17-29-57(49)68-63(51)62-61(55)60-54(65(62)52-27-15-11-23-47(52)48-24-12-16-28-53(48)65)40-56(59-50-26-14-18-30-58(50)69-64(59)60)67(42-21-9-6-10-22-42)44-33-37-46(38-34-44)71(2,3)4/h5-40H,70H2,1-4H3. The number of hydrogen-bond acceptors (Lipinski definition) is 4. The van der Waals surface area contributed by atoms with Crippen molar-refractivity contribution in [2.75, 3.05) is 9.80 Å². The topological polar surface area (TPSA) is 19.6 Å². The summed E-state index contributed by atoms with van der Waals surface area (Å²) in [5.74, 6) is 0. The summed E-state index contributed by atoms with van der Waals surface area (Å²) in [5, 5.41) is 7.63. The van der Waals surface area contributed by atoms with Crippen molar-refractivity contribution in [1.29, 1.82) is 0 Å². The lowest BCUT2D eigenvalue weighted by Crippen LogP contribution is -2.37. The Kier molecular flexibility index (Phi) is 9.43. The van der Waals surface area contributed by atoms with Crippen molar-refractivity contribution in [2.45, 2.75) is 31.6 Å². The highest BCUT2D eigenvalue weighted by Gasteiger charge is 2.55. The fourth-order valence-corrected chi connectivity index (χ4v) is 15.3. The number of anilines is 6. The third-order valence-electron chi connectivity index (χ3n) is 15.4. The number of furan rings is 1. The molecule has 0 atom stereocenters. The molecule has 340 valence electrons. The monoisotopic (exact) mass is 962 g/mol. The zero-order valence-corrected chi connectivity index (χ0v) is 43.4. The van der Waals surface area contributed by atoms with E-state index in [9.17, 15) is 0 Å². The summed E-state index contributed by atoms with van der Waals surface area (Å²) in [6.07, 6.45) is 0. The van der Waals surface area contributed by atoms with E-state index in [1.165, 1.54) is 80.7 Å². The normalized spacial score (nSPS) is 13.4. The minimum absolute atomic E-state index is 0.363. The Balaban J connectivity index is 1.22. The molecule has 14 rings (SSSR count). The number of rotatable bonds is 8. The van der Waals surface area contributed by atoms with Gasteiger partial charge in [0.15, 0.2) is 0 Å². The maximum atomic E-state index is 7.43. The Morgan fingerprint density at radius 2 is 1.01 bits per heavy atom. The average molecular weight is 963 g/mol. The highest BCUT2D eigenvalue weighted by Crippen LogP contribution is 2.69. The lowest BCUT2D eigenvalue weighted by atomic mass is 9.70. The molecule has 0 N–H and O–H groups in total. The lowest BCUT2D eigenvalue weighted by molar-refractivity contribution is 0.652. The van der Waals surface area contributed by atoms with Gasteiger partial charge in [-0.2, -0.15) is 0 Å². The van der Waals surface area contributed by atoms with Crippen molar-refractivity contribution in [3.8, 4) is 22.3 Å². The molecule has 2 aliphatic rings. The molecule has 0 bridgehead atoms. The Bertz CT molecular complexity index is 4030. The largest absolute Gasteiger partial charge is 0.456 e. The van der Waals surface area contributed by atoms with Crippen molar-refractivity contribution < 1.29 is 4.42 Å². The minimum Gasteiger partial charge on any atom is -0.456 e. The molecule has 10 aromatic carbocycles. The first-order valence-electron chi connectivity index (χ1n) is 24.9. The molecule has 6 heteroatoms. The quantitative estimate of drug-likeness (QED) is 0.142. The van der Waals surface area contributed by atoms with E-state index in [0.29, 0.717) is 0 Å². The van der Waals surface area contributed by atoms with Gasteiger partial charge in [-0.1, -0.05) is 182 Å². The van der Waals surface area contributed by atoms with Crippen molar-refractivity contribution in [2.24, 2.45) is 0 Å². The van der Waals surface area contributed by atoms with Crippen molar-refractivity contribution >= 4 is 116 Å². The Labute approximate surface area is 421 Å². The van der Waals surface area contributed by atoms with Crippen LogP contribution in [0.1, 0.15) is 22.3 Å². The average Bonchev–Trinajstić information content (AvgIpc) is 4.16. The molecule has 71 heavy (non-hydrogen) atoms. The van der Waals surface area contributed by atoms with Gasteiger partial charge in [0.25, 0.3) is 0 Å². The molecule has 12 aromatic rings. The van der Waals surface area contributed by atoms with Gasteiger partial charge in [-0.3, -0.25) is 0 Å². The highest BCUT2D eigenvalue weighted by atomic mass is 32.1. The van der Waals surface area contributed by atoms with Crippen LogP contribution in [0.2, 0.25) is 26.2 Å². The smallest absolute Gasteiger partial charge is 0.140 e.